The minimum absolute atomic E-state index is 0.0405. The van der Waals surface area contributed by atoms with Crippen molar-refractivity contribution in [3.8, 4) is 0 Å². The zero-order valence-corrected chi connectivity index (χ0v) is 26.2. The SMILES string of the molecule is CCO[Si](CCCOCC(CN1CCCC1)N(CC1(C)CC(N=C=O)CC(C)(C)C1)C(=O)O)(OCC)OCC. The Labute approximate surface area is 236 Å². The van der Waals surface area contributed by atoms with E-state index < -0.39 is 14.9 Å². The Bertz CT molecular complexity index is 772. The van der Waals surface area contributed by atoms with E-state index >= 15 is 0 Å². The highest BCUT2D eigenvalue weighted by Gasteiger charge is 2.44. The molecule has 2 rings (SSSR count). The van der Waals surface area contributed by atoms with Gasteiger partial charge >= 0.3 is 14.9 Å². The number of ether oxygens (including phenoxy) is 1. The fourth-order valence-corrected chi connectivity index (χ4v) is 9.32. The maximum absolute atomic E-state index is 12.7. The third-order valence-electron chi connectivity index (χ3n) is 7.74. The van der Waals surface area contributed by atoms with Gasteiger partial charge in [0.15, 0.2) is 0 Å². The Morgan fingerprint density at radius 1 is 1.10 bits per heavy atom. The van der Waals surface area contributed by atoms with Gasteiger partial charge in [0.1, 0.15) is 0 Å². The second-order valence-corrected chi connectivity index (χ2v) is 14.9. The topological polar surface area (TPSA) is 110 Å². The molecular formula is C28H53N3O7Si. The molecule has 3 unspecified atom stereocenters. The van der Waals surface area contributed by atoms with Crippen LogP contribution in [0.5, 0.6) is 0 Å². The van der Waals surface area contributed by atoms with Crippen LogP contribution in [0, 0.1) is 10.8 Å². The van der Waals surface area contributed by atoms with Crippen LogP contribution in [-0.2, 0) is 22.8 Å². The summed E-state index contributed by atoms with van der Waals surface area (Å²) in [6.07, 6.45) is 6.13. The summed E-state index contributed by atoms with van der Waals surface area (Å²) in [4.78, 5) is 31.7. The summed E-state index contributed by atoms with van der Waals surface area (Å²) < 4.78 is 24.0. The molecule has 0 aromatic carbocycles. The van der Waals surface area contributed by atoms with Crippen LogP contribution in [0.1, 0.15) is 80.1 Å². The van der Waals surface area contributed by atoms with Gasteiger partial charge in [-0.15, -0.1) is 0 Å². The van der Waals surface area contributed by atoms with Gasteiger partial charge in [-0.2, -0.15) is 0 Å². The number of rotatable bonds is 18. The summed E-state index contributed by atoms with van der Waals surface area (Å²) in [7, 11) is -2.74. The van der Waals surface area contributed by atoms with Gasteiger partial charge in [0.05, 0.1) is 18.7 Å². The van der Waals surface area contributed by atoms with E-state index in [1.807, 2.05) is 20.8 Å². The number of hydrogen-bond acceptors (Lipinski definition) is 8. The fraction of sp³-hybridized carbons (Fsp3) is 0.929. The van der Waals surface area contributed by atoms with Gasteiger partial charge in [-0.25, -0.2) is 14.6 Å². The summed E-state index contributed by atoms with van der Waals surface area (Å²) >= 11 is 0. The number of isocyanates is 1. The highest BCUT2D eigenvalue weighted by atomic mass is 28.4. The van der Waals surface area contributed by atoms with Gasteiger partial charge in [-0.1, -0.05) is 20.8 Å². The molecule has 1 saturated heterocycles. The van der Waals surface area contributed by atoms with Crippen molar-refractivity contribution < 1.29 is 32.7 Å². The molecule has 0 spiro atoms. The van der Waals surface area contributed by atoms with Crippen molar-refractivity contribution in [1.29, 1.82) is 0 Å². The fourth-order valence-electron chi connectivity index (χ4n) is 6.74. The van der Waals surface area contributed by atoms with Crippen molar-refractivity contribution >= 4 is 21.0 Å². The maximum Gasteiger partial charge on any atom is 0.501 e. The highest BCUT2D eigenvalue weighted by Crippen LogP contribution is 2.47. The molecule has 3 atom stereocenters. The van der Waals surface area contributed by atoms with E-state index in [4.69, 9.17) is 18.0 Å². The zero-order valence-electron chi connectivity index (χ0n) is 25.2. The van der Waals surface area contributed by atoms with Crippen LogP contribution in [0.4, 0.5) is 4.79 Å². The van der Waals surface area contributed by atoms with E-state index in [1.54, 1.807) is 11.0 Å². The van der Waals surface area contributed by atoms with E-state index in [-0.39, 0.29) is 22.9 Å². The van der Waals surface area contributed by atoms with Crippen molar-refractivity contribution in [3.05, 3.63) is 0 Å². The molecule has 1 heterocycles. The summed E-state index contributed by atoms with van der Waals surface area (Å²) in [6.45, 7) is 17.7. The standard InChI is InChI=1S/C28H53N3O7Si/c1-7-36-39(37-8-2,38-9-3)16-12-15-35-20-25(19-30-13-10-11-14-30)31(26(33)34)22-28(6)18-24(29-23-32)17-27(4,5)21-28/h24-25H,7-22H2,1-6H3,(H,33,34). The minimum Gasteiger partial charge on any atom is -0.465 e. The molecule has 39 heavy (non-hydrogen) atoms. The molecule has 11 heteroatoms. The van der Waals surface area contributed by atoms with Crippen LogP contribution in [-0.4, -0.2) is 107 Å². The van der Waals surface area contributed by atoms with Crippen molar-refractivity contribution in [2.45, 2.75) is 98.2 Å². The third-order valence-corrected chi connectivity index (χ3v) is 10.9. The minimum atomic E-state index is -2.74. The quantitative estimate of drug-likeness (QED) is 0.108. The van der Waals surface area contributed by atoms with Crippen molar-refractivity contribution in [2.75, 3.05) is 59.2 Å². The van der Waals surface area contributed by atoms with Crippen LogP contribution in [0.25, 0.3) is 0 Å². The predicted molar refractivity (Wildman–Crippen MR) is 153 cm³/mol. The Kier molecular flexibility index (Phi) is 14.1. The van der Waals surface area contributed by atoms with Gasteiger partial charge in [-0.3, -0.25) is 0 Å². The van der Waals surface area contributed by atoms with E-state index in [2.05, 4.69) is 30.7 Å². The van der Waals surface area contributed by atoms with E-state index in [9.17, 15) is 14.7 Å². The van der Waals surface area contributed by atoms with Gasteiger partial charge in [0.25, 0.3) is 0 Å². The van der Waals surface area contributed by atoms with Crippen LogP contribution < -0.4 is 0 Å². The Hall–Kier alpha value is -1.33. The number of amides is 1. The second-order valence-electron chi connectivity index (χ2n) is 12.2. The maximum atomic E-state index is 12.7. The summed E-state index contributed by atoms with van der Waals surface area (Å²) in [5, 5.41) is 10.4. The average Bonchev–Trinajstić information content (AvgIpc) is 3.34. The molecular weight excluding hydrogens is 518 g/mol. The highest BCUT2D eigenvalue weighted by molar-refractivity contribution is 6.60. The lowest BCUT2D eigenvalue weighted by Crippen LogP contribution is -2.54. The Morgan fingerprint density at radius 3 is 2.26 bits per heavy atom. The molecule has 10 nitrogen and oxygen atoms in total. The van der Waals surface area contributed by atoms with Crippen molar-refractivity contribution in [3.63, 3.8) is 0 Å². The molecule has 0 aromatic rings. The average molecular weight is 572 g/mol. The van der Waals surface area contributed by atoms with Gasteiger partial charge in [0, 0.05) is 45.6 Å². The number of hydrogen-bond donors (Lipinski definition) is 1. The normalized spacial score (nSPS) is 24.3. The van der Waals surface area contributed by atoms with E-state index in [0.717, 1.165) is 38.8 Å². The molecule has 1 aliphatic carbocycles. The summed E-state index contributed by atoms with van der Waals surface area (Å²) in [6, 6.07) is 0.238. The van der Waals surface area contributed by atoms with Gasteiger partial charge in [0.2, 0.25) is 6.08 Å². The number of nitrogens with zero attached hydrogens (tertiary/aromatic N) is 3. The first-order valence-electron chi connectivity index (χ1n) is 14.8. The van der Waals surface area contributed by atoms with Crippen LogP contribution >= 0.6 is 0 Å². The van der Waals surface area contributed by atoms with Crippen molar-refractivity contribution in [1.82, 2.24) is 9.80 Å². The molecule has 1 amide bonds. The first-order valence-corrected chi connectivity index (χ1v) is 16.7. The molecule has 2 fully saturated rings. The number of carbonyl (C=O) groups excluding carboxylic acids is 1. The Balaban J connectivity index is 2.10. The molecule has 1 aliphatic heterocycles. The molecule has 2 aliphatic rings. The van der Waals surface area contributed by atoms with E-state index in [0.29, 0.717) is 65.0 Å². The summed E-state index contributed by atoms with van der Waals surface area (Å²) in [5.41, 5.74) is -0.340. The Morgan fingerprint density at radius 2 is 1.72 bits per heavy atom. The smallest absolute Gasteiger partial charge is 0.465 e. The molecule has 226 valence electrons. The lowest BCUT2D eigenvalue weighted by Gasteiger charge is -2.48. The van der Waals surface area contributed by atoms with Crippen LogP contribution in [0.2, 0.25) is 6.04 Å². The third kappa shape index (κ3) is 11.2. The van der Waals surface area contributed by atoms with E-state index in [1.165, 1.54) is 0 Å². The first-order chi connectivity index (χ1) is 18.5. The molecule has 1 saturated carbocycles. The first kappa shape index (κ1) is 33.9. The van der Waals surface area contributed by atoms with Crippen LogP contribution in [0.15, 0.2) is 4.99 Å². The number of aliphatic imine (C=N–C) groups is 1. The van der Waals surface area contributed by atoms with Gasteiger partial charge in [-0.05, 0) is 83.2 Å². The lowest BCUT2D eigenvalue weighted by molar-refractivity contribution is 0.00181. The number of carboxylic acid groups (broad SMARTS) is 1. The summed E-state index contributed by atoms with van der Waals surface area (Å²) in [5.74, 6) is 0. The van der Waals surface area contributed by atoms with Gasteiger partial charge < -0.3 is 32.9 Å². The largest absolute Gasteiger partial charge is 0.501 e. The monoisotopic (exact) mass is 571 g/mol. The predicted octanol–water partition coefficient (Wildman–Crippen LogP) is 4.81. The van der Waals surface area contributed by atoms with Crippen molar-refractivity contribution in [2.24, 2.45) is 15.8 Å². The molecule has 0 bridgehead atoms. The second kappa shape index (κ2) is 16.2. The molecule has 0 radical (unpaired) electrons. The number of likely N-dealkylation sites (tertiary alicyclic amines) is 1. The van der Waals surface area contributed by atoms with Crippen LogP contribution in [0.3, 0.4) is 0 Å². The molecule has 1 N–H and O–H groups in total. The zero-order chi connectivity index (χ0) is 28.9. The number of carbonyl (C=O) groups is 1. The molecule has 0 aromatic heterocycles. The lowest BCUT2D eigenvalue weighted by atomic mass is 9.62.